The molecule has 0 radical (unpaired) electrons. The Labute approximate surface area is 152 Å². The molecule has 4 nitrogen and oxygen atoms in total. The average Bonchev–Trinajstić information content (AvgIpc) is 3.25. The Morgan fingerprint density at radius 3 is 1.84 bits per heavy atom. The Kier molecular flexibility index (Phi) is 3.76. The molecule has 2 amide bonds. The average molecular weight is 368 g/mol. The van der Waals surface area contributed by atoms with E-state index in [-0.39, 0.29) is 0 Å². The summed E-state index contributed by atoms with van der Waals surface area (Å²) >= 11 is 3.17. The van der Waals surface area contributed by atoms with E-state index in [9.17, 15) is 10.0 Å². The minimum absolute atomic E-state index is 0.649. The van der Waals surface area contributed by atoms with E-state index >= 15 is 0 Å². The summed E-state index contributed by atoms with van der Waals surface area (Å²) in [6.07, 6.45) is 0. The van der Waals surface area contributed by atoms with Gasteiger partial charge >= 0.3 is 6.03 Å². The van der Waals surface area contributed by atoms with E-state index in [0.717, 1.165) is 31.3 Å². The summed E-state index contributed by atoms with van der Waals surface area (Å²) in [6, 6.07) is 15.0. The lowest BCUT2D eigenvalue weighted by Crippen LogP contribution is -2.48. The Morgan fingerprint density at radius 1 is 0.960 bits per heavy atom. The van der Waals surface area contributed by atoms with Crippen molar-refractivity contribution in [3.8, 4) is 0 Å². The normalized spacial score (nSPS) is 11.9. The number of nitrogens with zero attached hydrogens (tertiary/aromatic N) is 1. The van der Waals surface area contributed by atoms with Crippen LogP contribution in [-0.2, 0) is 5.54 Å². The lowest BCUT2D eigenvalue weighted by molar-refractivity contribution is -0.104. The summed E-state index contributed by atoms with van der Waals surface area (Å²) in [7, 11) is 0. The van der Waals surface area contributed by atoms with Crippen LogP contribution in [0.15, 0.2) is 59.3 Å². The van der Waals surface area contributed by atoms with Crippen LogP contribution < -0.4 is 5.73 Å². The van der Waals surface area contributed by atoms with Gasteiger partial charge < -0.3 is 5.73 Å². The van der Waals surface area contributed by atoms with Crippen LogP contribution >= 0.6 is 22.7 Å². The number of carbonyl (C=O) groups excluding carboxylic acids is 1. The van der Waals surface area contributed by atoms with E-state index in [1.54, 1.807) is 22.7 Å². The van der Waals surface area contributed by atoms with Gasteiger partial charge in [0, 0.05) is 20.5 Å². The summed E-state index contributed by atoms with van der Waals surface area (Å²) in [4.78, 5) is 11.9. The van der Waals surface area contributed by atoms with Gasteiger partial charge in [-0.05, 0) is 40.6 Å². The van der Waals surface area contributed by atoms with Crippen LogP contribution in [0.4, 0.5) is 4.79 Å². The molecule has 0 atom stereocenters. The molecule has 0 bridgehead atoms. The minimum atomic E-state index is -1.08. The molecule has 0 aliphatic carbocycles. The molecule has 6 heteroatoms. The number of fused-ring (bicyclic) bond motifs is 2. The Bertz CT molecular complexity index is 1010. The second-order valence-electron chi connectivity index (χ2n) is 6.01. The molecule has 2 heterocycles. The van der Waals surface area contributed by atoms with Crippen LogP contribution in [0.2, 0.25) is 0 Å². The highest BCUT2D eigenvalue weighted by Crippen LogP contribution is 2.45. The van der Waals surface area contributed by atoms with Crippen molar-refractivity contribution in [3.63, 3.8) is 0 Å². The van der Waals surface area contributed by atoms with Gasteiger partial charge in [0.25, 0.3) is 0 Å². The zero-order chi connectivity index (χ0) is 17.6. The lowest BCUT2D eigenvalue weighted by Gasteiger charge is -2.36. The van der Waals surface area contributed by atoms with Crippen molar-refractivity contribution in [2.24, 2.45) is 5.73 Å². The molecule has 0 spiro atoms. The maximum absolute atomic E-state index is 11.9. The van der Waals surface area contributed by atoms with Crippen LogP contribution in [0.1, 0.15) is 18.1 Å². The highest BCUT2D eigenvalue weighted by Gasteiger charge is 2.41. The molecule has 2 aromatic carbocycles. The fourth-order valence-electron chi connectivity index (χ4n) is 3.30. The first-order chi connectivity index (χ1) is 12.0. The number of benzene rings is 2. The van der Waals surface area contributed by atoms with Gasteiger partial charge in [0.2, 0.25) is 0 Å². The van der Waals surface area contributed by atoms with Gasteiger partial charge in [-0.3, -0.25) is 5.21 Å². The minimum Gasteiger partial charge on any atom is -0.350 e. The fourth-order valence-corrected chi connectivity index (χ4v) is 5.43. The van der Waals surface area contributed by atoms with E-state index < -0.39 is 11.6 Å². The molecule has 0 saturated heterocycles. The van der Waals surface area contributed by atoms with Crippen molar-refractivity contribution in [3.05, 3.63) is 70.4 Å². The summed E-state index contributed by atoms with van der Waals surface area (Å²) in [5, 5.41) is 17.3. The zero-order valence-corrected chi connectivity index (χ0v) is 15.1. The third kappa shape index (κ3) is 2.33. The molecule has 3 N–H and O–H groups in total. The van der Waals surface area contributed by atoms with Crippen LogP contribution in [0.5, 0.6) is 0 Å². The van der Waals surface area contributed by atoms with Crippen molar-refractivity contribution >= 4 is 48.9 Å². The number of rotatable bonds is 3. The maximum atomic E-state index is 11.9. The van der Waals surface area contributed by atoms with Crippen molar-refractivity contribution in [2.45, 2.75) is 12.5 Å². The Balaban J connectivity index is 2.05. The number of carbonyl (C=O) groups is 1. The first kappa shape index (κ1) is 16.1. The standard InChI is InChI=1S/C19H16N2O2S2/c1-19(21(23)18(20)22,14-10-24-16-8-4-2-6-12(14)16)15-11-25-17-9-5-3-7-13(15)17/h2-11,23H,1H3,(H2,20,22). The molecule has 4 aromatic rings. The second kappa shape index (κ2) is 5.84. The molecular weight excluding hydrogens is 352 g/mol. The fraction of sp³-hybridized carbons (Fsp3) is 0.105. The number of nitrogens with two attached hydrogens (primary N) is 1. The molecule has 0 unspecified atom stereocenters. The number of amides is 2. The monoisotopic (exact) mass is 368 g/mol. The summed E-state index contributed by atoms with van der Waals surface area (Å²) in [6.45, 7) is 1.83. The summed E-state index contributed by atoms with van der Waals surface area (Å²) < 4.78 is 2.20. The van der Waals surface area contributed by atoms with Crippen molar-refractivity contribution in [1.29, 1.82) is 0 Å². The molecule has 0 aliphatic rings. The topological polar surface area (TPSA) is 66.6 Å². The zero-order valence-electron chi connectivity index (χ0n) is 13.5. The first-order valence-corrected chi connectivity index (χ1v) is 9.51. The molecule has 4 rings (SSSR count). The predicted molar refractivity (Wildman–Crippen MR) is 103 cm³/mol. The number of urea groups is 1. The van der Waals surface area contributed by atoms with Crippen molar-refractivity contribution in [1.82, 2.24) is 5.06 Å². The van der Waals surface area contributed by atoms with Gasteiger partial charge in [-0.15, -0.1) is 22.7 Å². The summed E-state index contributed by atoms with van der Waals surface area (Å²) in [5.41, 5.74) is 6.11. The van der Waals surface area contributed by atoms with Gasteiger partial charge in [0.15, 0.2) is 0 Å². The Morgan fingerprint density at radius 2 is 1.40 bits per heavy atom. The largest absolute Gasteiger partial charge is 0.350 e. The molecule has 126 valence electrons. The quantitative estimate of drug-likeness (QED) is 0.388. The molecule has 0 fully saturated rings. The number of thiophene rings is 2. The van der Waals surface area contributed by atoms with Crippen LogP contribution in [-0.4, -0.2) is 16.3 Å². The van der Waals surface area contributed by atoms with Crippen LogP contribution in [0.3, 0.4) is 0 Å². The van der Waals surface area contributed by atoms with Crippen LogP contribution in [0, 0.1) is 0 Å². The van der Waals surface area contributed by atoms with Gasteiger partial charge in [-0.25, -0.2) is 4.79 Å². The first-order valence-electron chi connectivity index (χ1n) is 7.75. The number of primary amides is 1. The predicted octanol–water partition coefficient (Wildman–Crippen LogP) is 5.15. The third-order valence-electron chi connectivity index (χ3n) is 4.64. The SMILES string of the molecule is CC(c1csc2ccccc12)(c1csc2ccccc12)N(O)C(N)=O. The van der Waals surface area contributed by atoms with E-state index in [0.29, 0.717) is 5.06 Å². The smallest absolute Gasteiger partial charge is 0.339 e. The molecule has 2 aromatic heterocycles. The van der Waals surface area contributed by atoms with Crippen molar-refractivity contribution in [2.75, 3.05) is 0 Å². The highest BCUT2D eigenvalue weighted by molar-refractivity contribution is 7.17. The third-order valence-corrected chi connectivity index (χ3v) is 6.57. The summed E-state index contributed by atoms with van der Waals surface area (Å²) in [5.74, 6) is 0. The molecule has 0 saturated carbocycles. The van der Waals surface area contributed by atoms with E-state index in [1.807, 2.05) is 66.2 Å². The number of hydroxylamine groups is 2. The number of hydrogen-bond donors (Lipinski definition) is 2. The van der Waals surface area contributed by atoms with Gasteiger partial charge in [0.05, 0.1) is 0 Å². The Hall–Kier alpha value is -2.41. The highest BCUT2D eigenvalue weighted by atomic mass is 32.1. The van der Waals surface area contributed by atoms with Gasteiger partial charge in [-0.1, -0.05) is 36.4 Å². The van der Waals surface area contributed by atoms with Gasteiger partial charge in [0.1, 0.15) is 5.54 Å². The molecular formula is C19H16N2O2S2. The van der Waals surface area contributed by atoms with E-state index in [4.69, 9.17) is 5.73 Å². The molecule has 0 aliphatic heterocycles. The van der Waals surface area contributed by atoms with E-state index in [1.165, 1.54) is 0 Å². The van der Waals surface area contributed by atoms with E-state index in [2.05, 4.69) is 0 Å². The van der Waals surface area contributed by atoms with Crippen LogP contribution in [0.25, 0.3) is 20.2 Å². The van der Waals surface area contributed by atoms with Gasteiger partial charge in [-0.2, -0.15) is 5.06 Å². The maximum Gasteiger partial charge on any atom is 0.339 e. The lowest BCUT2D eigenvalue weighted by atomic mass is 9.84. The number of hydrogen-bond acceptors (Lipinski definition) is 4. The van der Waals surface area contributed by atoms with Crippen molar-refractivity contribution < 1.29 is 10.0 Å². The second-order valence-corrected chi connectivity index (χ2v) is 7.84. The molecule has 25 heavy (non-hydrogen) atoms.